The number of nitrogens with one attached hydrogen (secondary N) is 1. The molecule has 1 aliphatic heterocycles. The molecule has 1 fully saturated rings. The van der Waals surface area contributed by atoms with Gasteiger partial charge in [-0.3, -0.25) is 0 Å². The van der Waals surface area contributed by atoms with Crippen molar-refractivity contribution >= 4 is 5.69 Å². The van der Waals surface area contributed by atoms with E-state index in [0.29, 0.717) is 6.04 Å². The average Bonchev–Trinajstić information content (AvgIpc) is 2.38. The molecule has 0 aromatic heterocycles. The Morgan fingerprint density at radius 3 is 2.53 bits per heavy atom. The summed E-state index contributed by atoms with van der Waals surface area (Å²) in [5.41, 5.74) is 2.75. The van der Waals surface area contributed by atoms with E-state index < -0.39 is 0 Å². The van der Waals surface area contributed by atoms with Crippen LogP contribution in [0.2, 0.25) is 0 Å². The molecule has 2 unspecified atom stereocenters. The first-order valence-electron chi connectivity index (χ1n) is 6.73. The molecule has 0 amide bonds. The van der Waals surface area contributed by atoms with Crippen molar-refractivity contribution in [1.29, 1.82) is 0 Å². The normalized spacial score (nSPS) is 24.6. The molecule has 0 radical (unpaired) electrons. The molecular weight excluding hydrogens is 208 g/mol. The maximum Gasteiger partial charge on any atom is 0.0414 e. The van der Waals surface area contributed by atoms with Gasteiger partial charge in [-0.1, -0.05) is 26.0 Å². The van der Waals surface area contributed by atoms with Gasteiger partial charge in [-0.25, -0.2) is 0 Å². The zero-order valence-corrected chi connectivity index (χ0v) is 11.2. The van der Waals surface area contributed by atoms with Crippen LogP contribution in [0.15, 0.2) is 24.3 Å². The lowest BCUT2D eigenvalue weighted by Crippen LogP contribution is -2.47. The minimum Gasteiger partial charge on any atom is -0.370 e. The fourth-order valence-corrected chi connectivity index (χ4v) is 2.60. The van der Waals surface area contributed by atoms with Gasteiger partial charge in [0.1, 0.15) is 0 Å². The van der Waals surface area contributed by atoms with Crippen molar-refractivity contribution in [3.8, 4) is 0 Å². The van der Waals surface area contributed by atoms with Gasteiger partial charge >= 0.3 is 0 Å². The van der Waals surface area contributed by atoms with Crippen LogP contribution in [0.1, 0.15) is 25.8 Å². The lowest BCUT2D eigenvalue weighted by Gasteiger charge is -2.36. The molecule has 1 saturated heterocycles. The lowest BCUT2D eigenvalue weighted by atomic mass is 9.96. The number of nitrogens with zero attached hydrogens (tertiary/aromatic N) is 1. The summed E-state index contributed by atoms with van der Waals surface area (Å²) in [6, 6.07) is 9.61. The van der Waals surface area contributed by atoms with E-state index in [9.17, 15) is 0 Å². The summed E-state index contributed by atoms with van der Waals surface area (Å²) in [4.78, 5) is 2.42. The smallest absolute Gasteiger partial charge is 0.0414 e. The Bertz CT molecular complexity index is 344. The average molecular weight is 232 g/mol. The highest BCUT2D eigenvalue weighted by Gasteiger charge is 2.22. The fourth-order valence-electron chi connectivity index (χ4n) is 2.60. The van der Waals surface area contributed by atoms with Crippen LogP contribution in [0.25, 0.3) is 0 Å². The van der Waals surface area contributed by atoms with Crippen molar-refractivity contribution in [2.45, 2.75) is 32.7 Å². The molecule has 0 bridgehead atoms. The summed E-state index contributed by atoms with van der Waals surface area (Å²) in [5.74, 6) is 0.783. The van der Waals surface area contributed by atoms with E-state index in [-0.39, 0.29) is 0 Å². The molecule has 2 nitrogen and oxygen atoms in total. The van der Waals surface area contributed by atoms with E-state index in [0.717, 1.165) is 18.9 Å². The van der Waals surface area contributed by atoms with E-state index in [2.05, 4.69) is 55.4 Å². The number of anilines is 1. The highest BCUT2D eigenvalue weighted by Crippen LogP contribution is 2.21. The first-order valence-corrected chi connectivity index (χ1v) is 6.73. The molecule has 1 heterocycles. The van der Waals surface area contributed by atoms with Crippen molar-refractivity contribution in [2.24, 2.45) is 5.92 Å². The molecule has 0 aliphatic carbocycles. The van der Waals surface area contributed by atoms with Crippen LogP contribution in [0.4, 0.5) is 5.69 Å². The standard InChI is InChI=1S/C15H24N2/c1-4-13-5-7-14(8-6-13)17(3)15-9-12(2)10-16-11-15/h5-8,12,15-16H,4,9-11H2,1-3H3. The van der Waals surface area contributed by atoms with Crippen molar-refractivity contribution in [3.05, 3.63) is 29.8 Å². The van der Waals surface area contributed by atoms with Crippen molar-refractivity contribution in [1.82, 2.24) is 5.32 Å². The zero-order valence-electron chi connectivity index (χ0n) is 11.2. The van der Waals surface area contributed by atoms with Crippen molar-refractivity contribution in [2.75, 3.05) is 25.0 Å². The minimum absolute atomic E-state index is 0.631. The van der Waals surface area contributed by atoms with E-state index in [4.69, 9.17) is 0 Å². The number of benzene rings is 1. The number of rotatable bonds is 3. The van der Waals surface area contributed by atoms with E-state index in [1.165, 1.54) is 24.2 Å². The SMILES string of the molecule is CCc1ccc(N(C)C2CNCC(C)C2)cc1. The van der Waals surface area contributed by atoms with Gasteiger partial charge in [0, 0.05) is 25.3 Å². The number of piperidine rings is 1. The number of aryl methyl sites for hydroxylation is 1. The van der Waals surface area contributed by atoms with Crippen LogP contribution in [0, 0.1) is 5.92 Å². The summed E-state index contributed by atoms with van der Waals surface area (Å²) in [6.45, 7) is 6.80. The van der Waals surface area contributed by atoms with Crippen LogP contribution in [0.5, 0.6) is 0 Å². The Morgan fingerprint density at radius 2 is 1.94 bits per heavy atom. The predicted octanol–water partition coefficient (Wildman–Crippen LogP) is 2.68. The Kier molecular flexibility index (Phi) is 4.06. The minimum atomic E-state index is 0.631. The molecule has 1 N–H and O–H groups in total. The Hall–Kier alpha value is -1.02. The van der Waals surface area contributed by atoms with Gasteiger partial charge in [0.15, 0.2) is 0 Å². The van der Waals surface area contributed by atoms with Crippen molar-refractivity contribution in [3.63, 3.8) is 0 Å². The highest BCUT2D eigenvalue weighted by atomic mass is 15.2. The molecule has 2 atom stereocenters. The fraction of sp³-hybridized carbons (Fsp3) is 0.600. The maximum atomic E-state index is 3.52. The molecule has 0 saturated carbocycles. The molecule has 2 heteroatoms. The van der Waals surface area contributed by atoms with E-state index in [1.54, 1.807) is 0 Å². The highest BCUT2D eigenvalue weighted by molar-refractivity contribution is 5.48. The van der Waals surface area contributed by atoms with Crippen LogP contribution in [-0.2, 0) is 6.42 Å². The zero-order chi connectivity index (χ0) is 12.3. The Balaban J connectivity index is 2.04. The summed E-state index contributed by atoms with van der Waals surface area (Å²) >= 11 is 0. The van der Waals surface area contributed by atoms with Gasteiger partial charge in [-0.2, -0.15) is 0 Å². The third-order valence-electron chi connectivity index (χ3n) is 3.85. The number of hydrogen-bond donors (Lipinski definition) is 1. The lowest BCUT2D eigenvalue weighted by molar-refractivity contribution is 0.355. The number of hydrogen-bond acceptors (Lipinski definition) is 2. The van der Waals surface area contributed by atoms with E-state index in [1.807, 2.05) is 0 Å². The van der Waals surface area contributed by atoms with Crippen LogP contribution in [-0.4, -0.2) is 26.2 Å². The number of likely N-dealkylation sites (N-methyl/N-ethyl adjacent to an activating group) is 1. The maximum absolute atomic E-state index is 3.52. The summed E-state index contributed by atoms with van der Waals surface area (Å²) < 4.78 is 0. The molecule has 2 rings (SSSR count). The first-order chi connectivity index (χ1) is 8.20. The van der Waals surface area contributed by atoms with Gasteiger partial charge in [0.05, 0.1) is 0 Å². The van der Waals surface area contributed by atoms with Crippen LogP contribution < -0.4 is 10.2 Å². The van der Waals surface area contributed by atoms with Gasteiger partial charge in [0.2, 0.25) is 0 Å². The van der Waals surface area contributed by atoms with Gasteiger partial charge in [-0.15, -0.1) is 0 Å². The molecule has 94 valence electrons. The van der Waals surface area contributed by atoms with Crippen LogP contribution >= 0.6 is 0 Å². The second kappa shape index (κ2) is 5.54. The Morgan fingerprint density at radius 1 is 1.24 bits per heavy atom. The summed E-state index contributed by atoms with van der Waals surface area (Å²) in [5, 5.41) is 3.52. The third kappa shape index (κ3) is 3.01. The molecule has 17 heavy (non-hydrogen) atoms. The molecule has 1 aromatic rings. The largest absolute Gasteiger partial charge is 0.370 e. The van der Waals surface area contributed by atoms with Gasteiger partial charge < -0.3 is 10.2 Å². The van der Waals surface area contributed by atoms with Gasteiger partial charge in [0.25, 0.3) is 0 Å². The molecule has 1 aromatic carbocycles. The third-order valence-corrected chi connectivity index (χ3v) is 3.85. The summed E-state index contributed by atoms with van der Waals surface area (Å²) in [6.07, 6.45) is 2.41. The van der Waals surface area contributed by atoms with Crippen molar-refractivity contribution < 1.29 is 0 Å². The van der Waals surface area contributed by atoms with Gasteiger partial charge in [-0.05, 0) is 43.0 Å². The Labute approximate surface area is 105 Å². The molecule has 0 spiro atoms. The van der Waals surface area contributed by atoms with Crippen LogP contribution in [0.3, 0.4) is 0 Å². The second-order valence-corrected chi connectivity index (χ2v) is 5.28. The topological polar surface area (TPSA) is 15.3 Å². The predicted molar refractivity (Wildman–Crippen MR) is 74.7 cm³/mol. The summed E-state index contributed by atoms with van der Waals surface area (Å²) in [7, 11) is 2.21. The molecule has 1 aliphatic rings. The van der Waals surface area contributed by atoms with E-state index >= 15 is 0 Å². The molecular formula is C15H24N2. The quantitative estimate of drug-likeness (QED) is 0.862. The monoisotopic (exact) mass is 232 g/mol. The first kappa shape index (κ1) is 12.4. The second-order valence-electron chi connectivity index (χ2n) is 5.28.